The monoisotopic (exact) mass is 919 g/mol. The number of anilines is 3. The molecule has 2 heterocycles. The van der Waals surface area contributed by atoms with Gasteiger partial charge in [-0.15, -0.1) is 0 Å². The summed E-state index contributed by atoms with van der Waals surface area (Å²) in [6.07, 6.45) is 0. The van der Waals surface area contributed by atoms with E-state index in [2.05, 4.69) is 289 Å². The van der Waals surface area contributed by atoms with Gasteiger partial charge in [-0.3, -0.25) is 0 Å². The Morgan fingerprint density at radius 2 is 0.667 bits per heavy atom. The molecule has 0 spiro atoms. The fraction of sp³-hybridized carbons (Fsp3) is 0.0435. The summed E-state index contributed by atoms with van der Waals surface area (Å²) in [7, 11) is 0. The first-order chi connectivity index (χ1) is 35.5. The molecule has 72 heavy (non-hydrogen) atoms. The molecule has 3 nitrogen and oxygen atoms in total. The summed E-state index contributed by atoms with van der Waals surface area (Å²) in [6.45, 7) is 4.71. The number of hydrogen-bond donors (Lipinski definition) is 0. The Hall–Kier alpha value is -9.18. The lowest BCUT2D eigenvalue weighted by atomic mass is 9.82. The van der Waals surface area contributed by atoms with E-state index in [1.54, 1.807) is 0 Å². The molecular formula is C69H49N3. The second-order valence-corrected chi connectivity index (χ2v) is 19.8. The minimum atomic E-state index is -0.116. The average Bonchev–Trinajstić information content (AvgIpc) is 4.04. The fourth-order valence-electron chi connectivity index (χ4n) is 11.8. The number of aromatic nitrogens is 2. The minimum Gasteiger partial charge on any atom is -0.310 e. The Labute approximate surface area is 419 Å². The Balaban J connectivity index is 0.877. The van der Waals surface area contributed by atoms with Crippen LogP contribution in [0, 0.1) is 0 Å². The van der Waals surface area contributed by atoms with E-state index >= 15 is 0 Å². The van der Waals surface area contributed by atoms with E-state index in [1.807, 2.05) is 0 Å². The SMILES string of the molecule is CC1(C)c2ccccc2-c2ccc(N(c3ccc(-c4ccccc4)cc3)c3ccc(-c4ccc5c(c4)c4cc(-c6ccc7c(c6)c6ccccc6n7-c6ccccc6)ccc4n5-c4ccccc4)cc3)cc21. The highest BCUT2D eigenvalue weighted by molar-refractivity contribution is 6.13. The highest BCUT2D eigenvalue weighted by Crippen LogP contribution is 2.51. The number of rotatable bonds is 8. The van der Waals surface area contributed by atoms with Crippen molar-refractivity contribution in [2.75, 3.05) is 4.90 Å². The molecule has 0 saturated heterocycles. The summed E-state index contributed by atoms with van der Waals surface area (Å²) in [6, 6.07) is 95.9. The maximum absolute atomic E-state index is 2.42. The highest BCUT2D eigenvalue weighted by Gasteiger charge is 2.35. The molecule has 0 N–H and O–H groups in total. The van der Waals surface area contributed by atoms with Gasteiger partial charge < -0.3 is 14.0 Å². The van der Waals surface area contributed by atoms with Crippen molar-refractivity contribution in [3.8, 4) is 55.9 Å². The molecule has 340 valence electrons. The zero-order valence-electron chi connectivity index (χ0n) is 40.2. The zero-order chi connectivity index (χ0) is 47.9. The lowest BCUT2D eigenvalue weighted by Crippen LogP contribution is -2.16. The molecule has 0 saturated carbocycles. The first kappa shape index (κ1) is 41.8. The summed E-state index contributed by atoms with van der Waals surface area (Å²) in [5.74, 6) is 0. The molecule has 0 fully saturated rings. The number of fused-ring (bicyclic) bond motifs is 9. The van der Waals surface area contributed by atoms with Gasteiger partial charge in [0.15, 0.2) is 0 Å². The molecule has 13 aromatic rings. The fourth-order valence-corrected chi connectivity index (χ4v) is 11.8. The van der Waals surface area contributed by atoms with Gasteiger partial charge in [0.05, 0.1) is 22.1 Å². The Morgan fingerprint density at radius 1 is 0.278 bits per heavy atom. The second kappa shape index (κ2) is 16.5. The molecule has 14 rings (SSSR count). The predicted octanol–water partition coefficient (Wildman–Crippen LogP) is 18.7. The second-order valence-electron chi connectivity index (χ2n) is 19.8. The van der Waals surface area contributed by atoms with E-state index < -0.39 is 0 Å². The lowest BCUT2D eigenvalue weighted by molar-refractivity contribution is 0.660. The maximum atomic E-state index is 2.42. The van der Waals surface area contributed by atoms with E-state index in [9.17, 15) is 0 Å². The van der Waals surface area contributed by atoms with E-state index in [0.29, 0.717) is 0 Å². The van der Waals surface area contributed by atoms with Crippen LogP contribution in [0.25, 0.3) is 99.5 Å². The van der Waals surface area contributed by atoms with E-state index in [4.69, 9.17) is 0 Å². The van der Waals surface area contributed by atoms with Crippen molar-refractivity contribution in [1.29, 1.82) is 0 Å². The summed E-state index contributed by atoms with van der Waals surface area (Å²) in [5, 5.41) is 4.95. The van der Waals surface area contributed by atoms with Crippen molar-refractivity contribution < 1.29 is 0 Å². The van der Waals surface area contributed by atoms with Crippen LogP contribution in [0.4, 0.5) is 17.1 Å². The molecule has 0 radical (unpaired) electrons. The molecule has 0 unspecified atom stereocenters. The van der Waals surface area contributed by atoms with Gasteiger partial charge in [0.1, 0.15) is 0 Å². The minimum absolute atomic E-state index is 0.116. The molecule has 1 aliphatic carbocycles. The zero-order valence-corrected chi connectivity index (χ0v) is 40.2. The van der Waals surface area contributed by atoms with Crippen molar-refractivity contribution in [3.63, 3.8) is 0 Å². The predicted molar refractivity (Wildman–Crippen MR) is 304 cm³/mol. The number of benzene rings is 11. The van der Waals surface area contributed by atoms with Gasteiger partial charge in [-0.25, -0.2) is 0 Å². The van der Waals surface area contributed by atoms with Crippen LogP contribution < -0.4 is 4.90 Å². The van der Waals surface area contributed by atoms with Gasteiger partial charge in [-0.2, -0.15) is 0 Å². The van der Waals surface area contributed by atoms with Crippen molar-refractivity contribution in [1.82, 2.24) is 9.13 Å². The third kappa shape index (κ3) is 6.66. The van der Waals surface area contributed by atoms with Crippen LogP contribution in [0.1, 0.15) is 25.0 Å². The molecule has 11 aromatic carbocycles. The molecule has 0 amide bonds. The smallest absolute Gasteiger partial charge is 0.0541 e. The van der Waals surface area contributed by atoms with Gasteiger partial charge >= 0.3 is 0 Å². The molecule has 0 bridgehead atoms. The third-order valence-corrected chi connectivity index (χ3v) is 15.3. The van der Waals surface area contributed by atoms with Gasteiger partial charge in [0.2, 0.25) is 0 Å². The van der Waals surface area contributed by atoms with Gasteiger partial charge in [0.25, 0.3) is 0 Å². The number of hydrogen-bond acceptors (Lipinski definition) is 1. The third-order valence-electron chi connectivity index (χ3n) is 15.3. The summed E-state index contributed by atoms with van der Waals surface area (Å²) >= 11 is 0. The molecule has 0 aliphatic heterocycles. The van der Waals surface area contributed by atoms with Crippen LogP contribution >= 0.6 is 0 Å². The first-order valence-electron chi connectivity index (χ1n) is 25.0. The van der Waals surface area contributed by atoms with E-state index in [-0.39, 0.29) is 5.41 Å². The van der Waals surface area contributed by atoms with Gasteiger partial charge in [0, 0.05) is 55.4 Å². The van der Waals surface area contributed by atoms with Crippen LogP contribution in [0.3, 0.4) is 0 Å². The summed E-state index contributed by atoms with van der Waals surface area (Å²) in [4.78, 5) is 2.41. The van der Waals surface area contributed by atoms with E-state index in [1.165, 1.54) is 99.2 Å². The largest absolute Gasteiger partial charge is 0.310 e. The summed E-state index contributed by atoms with van der Waals surface area (Å²) < 4.78 is 4.79. The topological polar surface area (TPSA) is 13.1 Å². The molecule has 2 aromatic heterocycles. The van der Waals surface area contributed by atoms with Crippen LogP contribution in [0.15, 0.2) is 261 Å². The Kier molecular flexibility index (Phi) is 9.56. The molecule has 0 atom stereocenters. The van der Waals surface area contributed by atoms with Gasteiger partial charge in [-0.05, 0) is 159 Å². The Bertz CT molecular complexity index is 4200. The summed E-state index contributed by atoms with van der Waals surface area (Å²) in [5.41, 5.74) is 22.9. The van der Waals surface area contributed by atoms with Crippen LogP contribution in [-0.2, 0) is 5.41 Å². The quantitative estimate of drug-likeness (QED) is 0.148. The van der Waals surface area contributed by atoms with Crippen LogP contribution in [0.2, 0.25) is 0 Å². The van der Waals surface area contributed by atoms with Crippen molar-refractivity contribution in [3.05, 3.63) is 272 Å². The highest BCUT2D eigenvalue weighted by atomic mass is 15.1. The van der Waals surface area contributed by atoms with Gasteiger partial charge in [-0.1, -0.05) is 172 Å². The molecule has 1 aliphatic rings. The standard InChI is InChI=1S/C69H49N3/c1-69(2)63-24-14-12-22-57(63)58-38-37-56(45-64(58)69)70(54-33-26-47(27-34-54)46-16-6-3-7-17-46)55-35-28-48(29-36-55)49-30-39-67-61(42-49)62-44-51(32-41-68(62)72(67)53-20-10-5-11-21-53)50-31-40-66-60(43-50)59-23-13-15-25-65(59)71(66)52-18-8-4-9-19-52/h3-45H,1-2H3. The molecule has 3 heteroatoms. The first-order valence-corrected chi connectivity index (χ1v) is 25.0. The number of para-hydroxylation sites is 3. The lowest BCUT2D eigenvalue weighted by Gasteiger charge is -2.28. The maximum Gasteiger partial charge on any atom is 0.0541 e. The van der Waals surface area contributed by atoms with Crippen molar-refractivity contribution in [2.45, 2.75) is 19.3 Å². The molecular weight excluding hydrogens is 871 g/mol. The van der Waals surface area contributed by atoms with Crippen molar-refractivity contribution in [2.24, 2.45) is 0 Å². The van der Waals surface area contributed by atoms with E-state index in [0.717, 1.165) is 28.4 Å². The van der Waals surface area contributed by atoms with Crippen LogP contribution in [0.5, 0.6) is 0 Å². The normalized spacial score (nSPS) is 12.7. The average molecular weight is 920 g/mol. The Morgan fingerprint density at radius 3 is 1.24 bits per heavy atom. The number of nitrogens with zero attached hydrogens (tertiary/aromatic N) is 3. The van der Waals surface area contributed by atoms with Crippen LogP contribution in [-0.4, -0.2) is 9.13 Å². The van der Waals surface area contributed by atoms with Crippen molar-refractivity contribution >= 4 is 60.7 Å².